The Kier molecular flexibility index (Phi) is 9.52. The predicted molar refractivity (Wildman–Crippen MR) is 156 cm³/mol. The molecule has 0 saturated heterocycles. The van der Waals surface area contributed by atoms with Crippen molar-refractivity contribution in [3.05, 3.63) is 105 Å². The van der Waals surface area contributed by atoms with Crippen LogP contribution in [-0.2, 0) is 19.3 Å². The van der Waals surface area contributed by atoms with Crippen LogP contribution in [-0.4, -0.2) is 53.1 Å². The molecule has 0 atom stereocenters. The number of carbonyl (C=O) groups is 2. The fourth-order valence-corrected chi connectivity index (χ4v) is 4.64. The maximum atomic E-state index is 13.8. The summed E-state index contributed by atoms with van der Waals surface area (Å²) in [6, 6.07) is 13.6. The third kappa shape index (κ3) is 8.28. The molecular weight excluding hydrogens is 686 g/mol. The summed E-state index contributed by atoms with van der Waals surface area (Å²) in [6.45, 7) is 0.815. The van der Waals surface area contributed by atoms with Gasteiger partial charge in [-0.1, -0.05) is 23.7 Å². The summed E-state index contributed by atoms with van der Waals surface area (Å²) in [5.74, 6) is -3.67. The normalized spacial score (nSPS) is 11.6. The van der Waals surface area contributed by atoms with E-state index in [1.807, 2.05) is 6.07 Å². The van der Waals surface area contributed by atoms with Crippen molar-refractivity contribution in [2.24, 2.45) is 0 Å². The molecule has 5 aromatic rings. The molecule has 252 valence electrons. The first-order chi connectivity index (χ1) is 23.1. The molecule has 2 aromatic carbocycles. The van der Waals surface area contributed by atoms with Crippen LogP contribution in [0.15, 0.2) is 60.8 Å². The Labute approximate surface area is 276 Å². The van der Waals surface area contributed by atoms with Crippen LogP contribution in [0.2, 0.25) is 5.02 Å². The van der Waals surface area contributed by atoms with E-state index in [9.17, 15) is 41.2 Å². The van der Waals surface area contributed by atoms with Gasteiger partial charge in [-0.3, -0.25) is 9.59 Å². The monoisotopic (exact) mass is 704 g/mol. The Morgan fingerprint density at radius 1 is 1.02 bits per heavy atom. The largest absolute Gasteiger partial charge is 0.573 e. The molecule has 13 nitrogen and oxygen atoms in total. The van der Waals surface area contributed by atoms with Crippen LogP contribution in [0.5, 0.6) is 5.75 Å². The number of pyridine rings is 1. The van der Waals surface area contributed by atoms with E-state index in [1.54, 1.807) is 0 Å². The molecule has 0 aliphatic rings. The molecule has 2 amide bonds. The molecular formula is C29H19ClF6N10O3. The number of nitriles is 1. The minimum Gasteiger partial charge on any atom is -0.406 e. The summed E-state index contributed by atoms with van der Waals surface area (Å²) in [7, 11) is 0. The summed E-state index contributed by atoms with van der Waals surface area (Å²) in [5.41, 5.74) is 0.180. The van der Waals surface area contributed by atoms with E-state index in [4.69, 9.17) is 11.6 Å². The molecule has 0 aliphatic carbocycles. The third-order valence-electron chi connectivity index (χ3n) is 6.47. The summed E-state index contributed by atoms with van der Waals surface area (Å²) < 4.78 is 81.9. The van der Waals surface area contributed by atoms with Gasteiger partial charge in [-0.05, 0) is 65.7 Å². The van der Waals surface area contributed by atoms with Gasteiger partial charge < -0.3 is 15.4 Å². The highest BCUT2D eigenvalue weighted by Gasteiger charge is 2.37. The molecule has 0 saturated carbocycles. The number of tetrazole rings is 1. The number of halogens is 7. The molecule has 0 aliphatic heterocycles. The fourth-order valence-electron chi connectivity index (χ4n) is 4.44. The van der Waals surface area contributed by atoms with E-state index in [0.717, 1.165) is 16.8 Å². The first-order valence-electron chi connectivity index (χ1n) is 13.6. The maximum Gasteiger partial charge on any atom is 0.573 e. The number of nitrogens with zero attached hydrogens (tertiary/aromatic N) is 8. The average Bonchev–Trinajstić information content (AvgIpc) is 3.68. The average molecular weight is 705 g/mol. The molecule has 3 aromatic heterocycles. The lowest BCUT2D eigenvalue weighted by atomic mass is 10.0. The molecule has 3 heterocycles. The Morgan fingerprint density at radius 2 is 1.80 bits per heavy atom. The first kappa shape index (κ1) is 34.3. The number of nitrogens with one attached hydrogen (secondary N) is 2. The summed E-state index contributed by atoms with van der Waals surface area (Å²) in [5, 5.41) is 28.6. The van der Waals surface area contributed by atoms with E-state index < -0.39 is 42.5 Å². The number of anilines is 1. The molecule has 0 bridgehead atoms. The number of carbonyl (C=O) groups excluding carboxylic acids is 2. The van der Waals surface area contributed by atoms with Crippen LogP contribution in [0.1, 0.15) is 49.1 Å². The minimum absolute atomic E-state index is 0.00393. The van der Waals surface area contributed by atoms with E-state index in [2.05, 4.69) is 40.9 Å². The SMILES string of the molecule is Cc1cc(C#N)cc(C(=O)NCc2cccc(OC(F)(F)F)c2)c1NC(=O)c1cc(Cn2nnc(C(F)(F)F)n2)nn1-c1ncccc1Cl. The van der Waals surface area contributed by atoms with Gasteiger partial charge in [0.05, 0.1) is 33.6 Å². The van der Waals surface area contributed by atoms with Crippen molar-refractivity contribution in [2.75, 3.05) is 5.32 Å². The zero-order valence-electron chi connectivity index (χ0n) is 24.6. The third-order valence-corrected chi connectivity index (χ3v) is 6.77. The molecule has 2 N–H and O–H groups in total. The predicted octanol–water partition coefficient (Wildman–Crippen LogP) is 5.24. The second-order valence-corrected chi connectivity index (χ2v) is 10.4. The highest BCUT2D eigenvalue weighted by Crippen LogP contribution is 2.28. The lowest BCUT2D eigenvalue weighted by molar-refractivity contribution is -0.274. The summed E-state index contributed by atoms with van der Waals surface area (Å²) in [4.78, 5) is 31.9. The van der Waals surface area contributed by atoms with Gasteiger partial charge >= 0.3 is 12.5 Å². The maximum absolute atomic E-state index is 13.8. The zero-order valence-corrected chi connectivity index (χ0v) is 25.4. The van der Waals surface area contributed by atoms with Gasteiger partial charge in [0.1, 0.15) is 18.0 Å². The fraction of sp³-hybridized carbons (Fsp3) is 0.172. The second-order valence-electron chi connectivity index (χ2n) is 10.0. The van der Waals surface area contributed by atoms with Gasteiger partial charge in [0.15, 0.2) is 5.82 Å². The molecule has 49 heavy (non-hydrogen) atoms. The van der Waals surface area contributed by atoms with Crippen LogP contribution in [0.25, 0.3) is 5.82 Å². The highest BCUT2D eigenvalue weighted by atomic mass is 35.5. The number of rotatable bonds is 9. The number of benzene rings is 2. The number of aryl methyl sites for hydroxylation is 1. The first-order valence-corrected chi connectivity index (χ1v) is 14.0. The second kappa shape index (κ2) is 13.6. The Bertz CT molecular complexity index is 2090. The quantitative estimate of drug-likeness (QED) is 0.195. The standard InChI is InChI=1S/C29H19ClF6N10O3/c1-15-8-17(12-37)10-20(25(47)39-13-16-4-2-5-19(9-16)49-29(34,35)36)23(15)40-26(48)22-11-18(14-45-43-27(41-44-45)28(31,32)33)42-46(22)24-21(30)6-3-7-38-24/h2-11H,13-14H2,1H3,(H,39,47)(H,40,48). The van der Waals surface area contributed by atoms with Gasteiger partial charge in [-0.25, -0.2) is 9.67 Å². The van der Waals surface area contributed by atoms with Crippen molar-refractivity contribution in [1.82, 2.24) is 40.3 Å². The number of alkyl halides is 6. The van der Waals surface area contributed by atoms with E-state index >= 15 is 0 Å². The van der Waals surface area contributed by atoms with Gasteiger partial charge in [-0.15, -0.1) is 23.4 Å². The summed E-state index contributed by atoms with van der Waals surface area (Å²) in [6.07, 6.45) is -8.41. The van der Waals surface area contributed by atoms with E-state index in [1.165, 1.54) is 55.6 Å². The van der Waals surface area contributed by atoms with Crippen LogP contribution < -0.4 is 15.4 Å². The number of ether oxygens (including phenoxy) is 1. The van der Waals surface area contributed by atoms with Crippen molar-refractivity contribution < 1.29 is 40.7 Å². The number of amides is 2. The van der Waals surface area contributed by atoms with Gasteiger partial charge in [-0.2, -0.15) is 28.3 Å². The minimum atomic E-state index is -4.92. The molecule has 0 fully saturated rings. The van der Waals surface area contributed by atoms with Crippen LogP contribution >= 0.6 is 11.6 Å². The van der Waals surface area contributed by atoms with Crippen LogP contribution in [0.4, 0.5) is 32.0 Å². The van der Waals surface area contributed by atoms with Crippen LogP contribution in [0.3, 0.4) is 0 Å². The van der Waals surface area contributed by atoms with Crippen molar-refractivity contribution in [3.63, 3.8) is 0 Å². The van der Waals surface area contributed by atoms with Gasteiger partial charge in [0.25, 0.3) is 17.6 Å². The lowest BCUT2D eigenvalue weighted by Gasteiger charge is -2.16. The number of hydrogen-bond donors (Lipinski definition) is 2. The van der Waals surface area contributed by atoms with Gasteiger partial charge in [0.2, 0.25) is 0 Å². The topological polar surface area (TPSA) is 166 Å². The van der Waals surface area contributed by atoms with Crippen LogP contribution in [0, 0.1) is 18.3 Å². The Hall–Kier alpha value is -6.03. The molecule has 20 heteroatoms. The zero-order chi connectivity index (χ0) is 35.5. The number of aromatic nitrogens is 7. The Balaban J connectivity index is 1.45. The van der Waals surface area contributed by atoms with E-state index in [-0.39, 0.29) is 56.7 Å². The van der Waals surface area contributed by atoms with Crippen molar-refractivity contribution in [2.45, 2.75) is 32.6 Å². The molecule has 5 rings (SSSR count). The van der Waals surface area contributed by atoms with Crippen molar-refractivity contribution in [1.29, 1.82) is 5.26 Å². The molecule has 0 radical (unpaired) electrons. The molecule has 0 unspecified atom stereocenters. The lowest BCUT2D eigenvalue weighted by Crippen LogP contribution is -2.26. The molecule has 0 spiro atoms. The summed E-state index contributed by atoms with van der Waals surface area (Å²) >= 11 is 6.30. The smallest absolute Gasteiger partial charge is 0.406 e. The number of hydrogen-bond acceptors (Lipinski definition) is 9. The van der Waals surface area contributed by atoms with Crippen molar-refractivity contribution >= 4 is 29.1 Å². The van der Waals surface area contributed by atoms with Gasteiger partial charge in [0, 0.05) is 12.7 Å². The highest BCUT2D eigenvalue weighted by molar-refractivity contribution is 6.32. The van der Waals surface area contributed by atoms with Crippen molar-refractivity contribution in [3.8, 4) is 17.6 Å². The Morgan fingerprint density at radius 3 is 2.47 bits per heavy atom. The van der Waals surface area contributed by atoms with E-state index in [0.29, 0.717) is 4.80 Å².